The van der Waals surface area contributed by atoms with Crippen molar-refractivity contribution in [3.8, 4) is 0 Å². The summed E-state index contributed by atoms with van der Waals surface area (Å²) in [4.78, 5) is 23.8. The van der Waals surface area contributed by atoms with E-state index in [9.17, 15) is 9.59 Å². The Morgan fingerprint density at radius 1 is 0.895 bits per heavy atom. The largest absolute Gasteiger partial charge is 0.356 e. The standard InChI is InChI=1S/C15H28N2O2/c1-3-9-16-13(18)11-15(7-5-6-8-15)12-14(19)17-10-4-2/h3-12H2,1-2H3,(H,16,18)(H,17,19). The SMILES string of the molecule is CCCNC(=O)CC1(CC(=O)NCCC)CCCC1. The van der Waals surface area contributed by atoms with Crippen LogP contribution in [0.5, 0.6) is 0 Å². The van der Waals surface area contributed by atoms with Crippen LogP contribution in [0.2, 0.25) is 0 Å². The highest BCUT2D eigenvalue weighted by molar-refractivity contribution is 5.80. The molecule has 2 N–H and O–H groups in total. The van der Waals surface area contributed by atoms with E-state index in [1.165, 1.54) is 0 Å². The van der Waals surface area contributed by atoms with Crippen LogP contribution >= 0.6 is 0 Å². The van der Waals surface area contributed by atoms with Crippen molar-refractivity contribution in [3.63, 3.8) is 0 Å². The summed E-state index contributed by atoms with van der Waals surface area (Å²) in [7, 11) is 0. The van der Waals surface area contributed by atoms with Gasteiger partial charge >= 0.3 is 0 Å². The van der Waals surface area contributed by atoms with Gasteiger partial charge in [0.15, 0.2) is 0 Å². The van der Waals surface area contributed by atoms with Crippen LogP contribution in [0.3, 0.4) is 0 Å². The molecule has 0 aliphatic heterocycles. The maximum Gasteiger partial charge on any atom is 0.220 e. The third-order valence-electron chi connectivity index (χ3n) is 3.88. The maximum atomic E-state index is 11.9. The van der Waals surface area contributed by atoms with Crippen molar-refractivity contribution in [1.82, 2.24) is 10.6 Å². The molecule has 4 heteroatoms. The lowest BCUT2D eigenvalue weighted by Gasteiger charge is -2.27. The predicted octanol–water partition coefficient (Wildman–Crippen LogP) is 2.38. The van der Waals surface area contributed by atoms with E-state index < -0.39 is 0 Å². The van der Waals surface area contributed by atoms with Crippen LogP contribution in [-0.4, -0.2) is 24.9 Å². The molecule has 1 saturated carbocycles. The molecule has 0 aromatic carbocycles. The fourth-order valence-electron chi connectivity index (χ4n) is 2.88. The van der Waals surface area contributed by atoms with Crippen LogP contribution in [0.25, 0.3) is 0 Å². The van der Waals surface area contributed by atoms with Gasteiger partial charge in [0.2, 0.25) is 11.8 Å². The summed E-state index contributed by atoms with van der Waals surface area (Å²) < 4.78 is 0. The molecule has 0 bridgehead atoms. The van der Waals surface area contributed by atoms with Gasteiger partial charge in [-0.2, -0.15) is 0 Å². The van der Waals surface area contributed by atoms with E-state index in [4.69, 9.17) is 0 Å². The molecule has 19 heavy (non-hydrogen) atoms. The molecule has 2 amide bonds. The van der Waals surface area contributed by atoms with Gasteiger partial charge in [0, 0.05) is 25.9 Å². The number of hydrogen-bond donors (Lipinski definition) is 2. The van der Waals surface area contributed by atoms with Crippen LogP contribution in [0.15, 0.2) is 0 Å². The number of amides is 2. The minimum atomic E-state index is -0.0876. The number of carbonyl (C=O) groups is 2. The van der Waals surface area contributed by atoms with E-state index >= 15 is 0 Å². The molecular weight excluding hydrogens is 240 g/mol. The zero-order valence-corrected chi connectivity index (χ0v) is 12.4. The zero-order chi connectivity index (χ0) is 14.1. The lowest BCUT2D eigenvalue weighted by molar-refractivity contribution is -0.126. The highest BCUT2D eigenvalue weighted by atomic mass is 16.2. The first-order chi connectivity index (χ1) is 9.12. The van der Waals surface area contributed by atoms with E-state index in [2.05, 4.69) is 10.6 Å². The van der Waals surface area contributed by atoms with Crippen molar-refractivity contribution in [1.29, 1.82) is 0 Å². The number of hydrogen-bond acceptors (Lipinski definition) is 2. The van der Waals surface area contributed by atoms with Crippen LogP contribution in [0, 0.1) is 5.41 Å². The second-order valence-electron chi connectivity index (χ2n) is 5.76. The van der Waals surface area contributed by atoms with Crippen LogP contribution in [0.1, 0.15) is 65.2 Å². The predicted molar refractivity (Wildman–Crippen MR) is 76.7 cm³/mol. The van der Waals surface area contributed by atoms with Gasteiger partial charge < -0.3 is 10.6 Å². The average molecular weight is 268 g/mol. The van der Waals surface area contributed by atoms with E-state index in [1.54, 1.807) is 0 Å². The van der Waals surface area contributed by atoms with Crippen LogP contribution < -0.4 is 10.6 Å². The molecule has 1 aliphatic rings. The molecule has 1 fully saturated rings. The second kappa shape index (κ2) is 8.18. The van der Waals surface area contributed by atoms with Gasteiger partial charge in [-0.05, 0) is 31.1 Å². The van der Waals surface area contributed by atoms with Crippen molar-refractivity contribution >= 4 is 11.8 Å². The average Bonchev–Trinajstić information content (AvgIpc) is 2.82. The smallest absolute Gasteiger partial charge is 0.220 e. The molecule has 0 heterocycles. The molecule has 0 radical (unpaired) electrons. The number of rotatable bonds is 8. The highest BCUT2D eigenvalue weighted by Gasteiger charge is 2.37. The summed E-state index contributed by atoms with van der Waals surface area (Å²) in [5.41, 5.74) is -0.0876. The van der Waals surface area contributed by atoms with Gasteiger partial charge in [0.1, 0.15) is 0 Å². The Morgan fingerprint density at radius 2 is 1.32 bits per heavy atom. The van der Waals surface area contributed by atoms with E-state index in [1.807, 2.05) is 13.8 Å². The molecule has 0 unspecified atom stereocenters. The van der Waals surface area contributed by atoms with E-state index in [0.29, 0.717) is 12.8 Å². The van der Waals surface area contributed by atoms with Gasteiger partial charge in [0.05, 0.1) is 0 Å². The molecule has 110 valence electrons. The van der Waals surface area contributed by atoms with Gasteiger partial charge in [0.25, 0.3) is 0 Å². The molecule has 0 spiro atoms. The Labute approximate surface area is 116 Å². The van der Waals surface area contributed by atoms with Crippen LogP contribution in [0.4, 0.5) is 0 Å². The van der Waals surface area contributed by atoms with Gasteiger partial charge in [-0.3, -0.25) is 9.59 Å². The molecule has 1 rings (SSSR count). The number of nitrogens with one attached hydrogen (secondary N) is 2. The lowest BCUT2D eigenvalue weighted by atomic mass is 9.79. The first-order valence-corrected chi connectivity index (χ1v) is 7.65. The third-order valence-corrected chi connectivity index (χ3v) is 3.88. The molecule has 1 aliphatic carbocycles. The normalized spacial score (nSPS) is 17.2. The minimum absolute atomic E-state index is 0.0876. The first kappa shape index (κ1) is 16.0. The Morgan fingerprint density at radius 3 is 1.68 bits per heavy atom. The van der Waals surface area contributed by atoms with Gasteiger partial charge in [-0.15, -0.1) is 0 Å². The quantitative estimate of drug-likeness (QED) is 0.710. The lowest BCUT2D eigenvalue weighted by Crippen LogP contribution is -2.35. The third kappa shape index (κ3) is 5.62. The molecular formula is C15H28N2O2. The Kier molecular flexibility index (Phi) is 6.89. The molecule has 4 nitrogen and oxygen atoms in total. The molecule has 0 aromatic heterocycles. The van der Waals surface area contributed by atoms with Gasteiger partial charge in [-0.25, -0.2) is 0 Å². The summed E-state index contributed by atoms with van der Waals surface area (Å²) in [6, 6.07) is 0. The van der Waals surface area contributed by atoms with E-state index in [0.717, 1.165) is 51.6 Å². The van der Waals surface area contributed by atoms with Gasteiger partial charge in [-0.1, -0.05) is 26.7 Å². The highest BCUT2D eigenvalue weighted by Crippen LogP contribution is 2.43. The Bertz CT molecular complexity index is 273. The molecule has 0 saturated heterocycles. The number of carbonyl (C=O) groups excluding carboxylic acids is 2. The Hall–Kier alpha value is -1.06. The zero-order valence-electron chi connectivity index (χ0n) is 12.4. The maximum absolute atomic E-state index is 11.9. The summed E-state index contributed by atoms with van der Waals surface area (Å²) in [6.07, 6.45) is 7.22. The Balaban J connectivity index is 2.49. The topological polar surface area (TPSA) is 58.2 Å². The summed E-state index contributed by atoms with van der Waals surface area (Å²) >= 11 is 0. The van der Waals surface area contributed by atoms with Crippen molar-refractivity contribution < 1.29 is 9.59 Å². The summed E-state index contributed by atoms with van der Waals surface area (Å²) in [5.74, 6) is 0.207. The monoisotopic (exact) mass is 268 g/mol. The fraction of sp³-hybridized carbons (Fsp3) is 0.867. The summed E-state index contributed by atoms with van der Waals surface area (Å²) in [6.45, 7) is 5.56. The van der Waals surface area contributed by atoms with E-state index in [-0.39, 0.29) is 17.2 Å². The second-order valence-corrected chi connectivity index (χ2v) is 5.76. The summed E-state index contributed by atoms with van der Waals surface area (Å²) in [5, 5.41) is 5.86. The van der Waals surface area contributed by atoms with Crippen molar-refractivity contribution in [2.24, 2.45) is 5.41 Å². The van der Waals surface area contributed by atoms with Crippen LogP contribution in [-0.2, 0) is 9.59 Å². The van der Waals surface area contributed by atoms with Crippen molar-refractivity contribution in [2.45, 2.75) is 65.2 Å². The molecule has 0 aromatic rings. The first-order valence-electron chi connectivity index (χ1n) is 7.65. The van der Waals surface area contributed by atoms with Crippen molar-refractivity contribution in [3.05, 3.63) is 0 Å². The fourth-order valence-corrected chi connectivity index (χ4v) is 2.88. The minimum Gasteiger partial charge on any atom is -0.356 e. The van der Waals surface area contributed by atoms with Crippen molar-refractivity contribution in [2.75, 3.05) is 13.1 Å². The molecule has 0 atom stereocenters.